The van der Waals surface area contributed by atoms with E-state index in [4.69, 9.17) is 10.6 Å². The van der Waals surface area contributed by atoms with Gasteiger partial charge >= 0.3 is 12.0 Å². The number of nitrogens with two attached hydrogens (primary N) is 1. The van der Waals surface area contributed by atoms with E-state index in [1.54, 1.807) is 0 Å². The molecule has 2 aliphatic heterocycles. The molecular formula is C13H22N4O4. The van der Waals surface area contributed by atoms with Gasteiger partial charge in [0.2, 0.25) is 5.91 Å². The minimum absolute atomic E-state index is 0.151. The van der Waals surface area contributed by atoms with E-state index in [0.717, 1.165) is 5.01 Å². The second-order valence-electron chi connectivity index (χ2n) is 5.77. The Morgan fingerprint density at radius 3 is 2.76 bits per heavy atom. The summed E-state index contributed by atoms with van der Waals surface area (Å²) < 4.78 is 5.22. The Bertz CT molecular complexity index is 440. The van der Waals surface area contributed by atoms with Crippen LogP contribution < -0.4 is 5.84 Å². The van der Waals surface area contributed by atoms with Gasteiger partial charge in [0.15, 0.2) is 6.04 Å². The first kappa shape index (κ1) is 15.6. The molecule has 118 valence electrons. The number of hydrogen-bond acceptors (Lipinski definition) is 5. The second kappa shape index (κ2) is 6.30. The zero-order chi connectivity index (χ0) is 15.6. The first-order valence-corrected chi connectivity index (χ1v) is 7.24. The Balaban J connectivity index is 2.18. The van der Waals surface area contributed by atoms with Crippen molar-refractivity contribution in [1.29, 1.82) is 0 Å². The predicted octanol–water partition coefficient (Wildman–Crippen LogP) is 0.0930. The molecule has 0 aromatic carbocycles. The normalized spacial score (nSPS) is 23.2. The number of nitrogens with zero attached hydrogens (tertiary/aromatic N) is 3. The molecule has 2 heterocycles. The molecule has 1 atom stereocenters. The maximum atomic E-state index is 12.3. The molecule has 0 saturated carbocycles. The summed E-state index contributed by atoms with van der Waals surface area (Å²) in [4.78, 5) is 36.6. The van der Waals surface area contributed by atoms with Crippen LogP contribution in [0, 0.1) is 5.92 Å². The highest BCUT2D eigenvalue weighted by atomic mass is 16.5. The Kier molecular flexibility index (Phi) is 4.66. The summed E-state index contributed by atoms with van der Waals surface area (Å²) in [6.07, 6.45) is 1.29. The van der Waals surface area contributed by atoms with Gasteiger partial charge in [-0.1, -0.05) is 13.8 Å². The van der Waals surface area contributed by atoms with Crippen LogP contribution in [-0.2, 0) is 14.3 Å². The SMILES string of the molecule is CC(C)COC(=O)[C@@H]1CCCN2C(=O)CCN(N)C(=O)N12. The average molecular weight is 298 g/mol. The number of ether oxygens (including phenoxy) is 1. The highest BCUT2D eigenvalue weighted by Crippen LogP contribution is 2.23. The van der Waals surface area contributed by atoms with Crippen LogP contribution in [0.3, 0.4) is 0 Å². The zero-order valence-corrected chi connectivity index (χ0v) is 12.4. The molecule has 8 heteroatoms. The van der Waals surface area contributed by atoms with Crippen LogP contribution in [0.25, 0.3) is 0 Å². The van der Waals surface area contributed by atoms with Crippen LogP contribution in [-0.4, -0.2) is 58.7 Å². The fourth-order valence-electron chi connectivity index (χ4n) is 2.45. The van der Waals surface area contributed by atoms with Gasteiger partial charge in [0.1, 0.15) is 0 Å². The topological polar surface area (TPSA) is 96.2 Å². The summed E-state index contributed by atoms with van der Waals surface area (Å²) in [5.74, 6) is 5.17. The van der Waals surface area contributed by atoms with E-state index in [9.17, 15) is 14.4 Å². The van der Waals surface area contributed by atoms with Crippen LogP contribution in [0.5, 0.6) is 0 Å². The lowest BCUT2D eigenvalue weighted by molar-refractivity contribution is -0.167. The molecule has 2 N–H and O–H groups in total. The largest absolute Gasteiger partial charge is 0.464 e. The van der Waals surface area contributed by atoms with Crippen LogP contribution in [0.2, 0.25) is 0 Å². The van der Waals surface area contributed by atoms with Gasteiger partial charge in [-0.25, -0.2) is 25.4 Å². The van der Waals surface area contributed by atoms with Gasteiger partial charge in [-0.3, -0.25) is 9.80 Å². The van der Waals surface area contributed by atoms with E-state index in [2.05, 4.69) is 0 Å². The van der Waals surface area contributed by atoms with Gasteiger partial charge < -0.3 is 4.74 Å². The minimum atomic E-state index is -0.780. The number of esters is 1. The summed E-state index contributed by atoms with van der Waals surface area (Å²) in [5, 5.41) is 3.48. The lowest BCUT2D eigenvalue weighted by Crippen LogP contribution is -2.62. The number of urea groups is 1. The Labute approximate surface area is 123 Å². The molecule has 2 saturated heterocycles. The molecule has 0 aromatic rings. The molecule has 0 radical (unpaired) electrons. The van der Waals surface area contributed by atoms with E-state index >= 15 is 0 Å². The van der Waals surface area contributed by atoms with Crippen molar-refractivity contribution >= 4 is 17.9 Å². The van der Waals surface area contributed by atoms with Crippen molar-refractivity contribution in [2.24, 2.45) is 11.8 Å². The lowest BCUT2D eigenvalue weighted by atomic mass is 10.1. The molecule has 2 rings (SSSR count). The van der Waals surface area contributed by atoms with Gasteiger partial charge in [-0.2, -0.15) is 0 Å². The third-order valence-electron chi connectivity index (χ3n) is 3.53. The maximum absolute atomic E-state index is 12.3. The van der Waals surface area contributed by atoms with Gasteiger partial charge in [-0.15, -0.1) is 0 Å². The monoisotopic (exact) mass is 298 g/mol. The number of hydrazine groups is 2. The van der Waals surface area contributed by atoms with Crippen LogP contribution in [0.1, 0.15) is 33.1 Å². The Morgan fingerprint density at radius 2 is 2.10 bits per heavy atom. The summed E-state index contributed by atoms with van der Waals surface area (Å²) in [6, 6.07) is -1.31. The first-order valence-electron chi connectivity index (χ1n) is 7.24. The minimum Gasteiger partial charge on any atom is -0.464 e. The molecule has 21 heavy (non-hydrogen) atoms. The Morgan fingerprint density at radius 1 is 1.38 bits per heavy atom. The predicted molar refractivity (Wildman–Crippen MR) is 73.3 cm³/mol. The highest BCUT2D eigenvalue weighted by Gasteiger charge is 2.43. The summed E-state index contributed by atoms with van der Waals surface area (Å²) in [5.41, 5.74) is 0. The number of fused-ring (bicyclic) bond motifs is 1. The summed E-state index contributed by atoms with van der Waals surface area (Å²) in [7, 11) is 0. The van der Waals surface area contributed by atoms with Gasteiger partial charge in [0.25, 0.3) is 0 Å². The van der Waals surface area contributed by atoms with Gasteiger partial charge in [0, 0.05) is 19.5 Å². The number of rotatable bonds is 3. The van der Waals surface area contributed by atoms with E-state index in [-0.39, 0.29) is 31.4 Å². The first-order chi connectivity index (χ1) is 9.91. The molecule has 0 aromatic heterocycles. The number of hydrogen-bond donors (Lipinski definition) is 1. The molecule has 0 bridgehead atoms. The van der Waals surface area contributed by atoms with Crippen molar-refractivity contribution < 1.29 is 19.1 Å². The van der Waals surface area contributed by atoms with Crippen molar-refractivity contribution in [3.8, 4) is 0 Å². The van der Waals surface area contributed by atoms with Crippen LogP contribution >= 0.6 is 0 Å². The standard InChI is InChI=1S/C13H22N4O4/c1-9(2)8-21-12(19)10-4-3-6-16-11(18)5-7-15(14)13(20)17(10)16/h9-10H,3-8,14H2,1-2H3/t10-/m0/s1. The third kappa shape index (κ3) is 3.26. The molecule has 0 aliphatic carbocycles. The van der Waals surface area contributed by atoms with Crippen LogP contribution in [0.4, 0.5) is 4.79 Å². The highest BCUT2D eigenvalue weighted by molar-refractivity contribution is 5.88. The smallest absolute Gasteiger partial charge is 0.353 e. The van der Waals surface area contributed by atoms with E-state index < -0.39 is 18.0 Å². The zero-order valence-electron chi connectivity index (χ0n) is 12.4. The lowest BCUT2D eigenvalue weighted by Gasteiger charge is -2.41. The van der Waals surface area contributed by atoms with Crippen molar-refractivity contribution in [2.45, 2.75) is 39.2 Å². The average Bonchev–Trinajstić information content (AvgIpc) is 2.57. The maximum Gasteiger partial charge on any atom is 0.353 e. The van der Waals surface area contributed by atoms with Crippen molar-refractivity contribution in [3.05, 3.63) is 0 Å². The van der Waals surface area contributed by atoms with Crippen molar-refractivity contribution in [1.82, 2.24) is 15.0 Å². The van der Waals surface area contributed by atoms with Crippen molar-refractivity contribution in [2.75, 3.05) is 19.7 Å². The number of carbonyl (C=O) groups is 3. The third-order valence-corrected chi connectivity index (χ3v) is 3.53. The van der Waals surface area contributed by atoms with E-state index in [0.29, 0.717) is 19.4 Å². The molecule has 2 aliphatic rings. The molecule has 8 nitrogen and oxygen atoms in total. The molecule has 2 fully saturated rings. The van der Waals surface area contributed by atoms with Crippen LogP contribution in [0.15, 0.2) is 0 Å². The second-order valence-corrected chi connectivity index (χ2v) is 5.77. The molecule has 3 amide bonds. The fourth-order valence-corrected chi connectivity index (χ4v) is 2.45. The molecule has 0 unspecified atom stereocenters. The summed E-state index contributed by atoms with van der Waals surface area (Å²) in [6.45, 7) is 4.73. The fraction of sp³-hybridized carbons (Fsp3) is 0.769. The quantitative estimate of drug-likeness (QED) is 0.452. The number of carbonyl (C=O) groups excluding carboxylic acids is 3. The Hall–Kier alpha value is -1.83. The van der Waals surface area contributed by atoms with Gasteiger partial charge in [0.05, 0.1) is 6.61 Å². The number of amides is 3. The molecular weight excluding hydrogens is 276 g/mol. The van der Waals surface area contributed by atoms with E-state index in [1.807, 2.05) is 13.8 Å². The van der Waals surface area contributed by atoms with Crippen molar-refractivity contribution in [3.63, 3.8) is 0 Å². The molecule has 0 spiro atoms. The summed E-state index contributed by atoms with van der Waals surface area (Å²) >= 11 is 0. The van der Waals surface area contributed by atoms with E-state index in [1.165, 1.54) is 10.0 Å². The van der Waals surface area contributed by atoms with Gasteiger partial charge in [-0.05, 0) is 18.8 Å².